The molecule has 0 unspecified atom stereocenters. The van der Waals surface area contributed by atoms with Crippen molar-refractivity contribution >= 4 is 11.6 Å². The lowest BCUT2D eigenvalue weighted by Gasteiger charge is -2.29. The predicted molar refractivity (Wildman–Crippen MR) is 108 cm³/mol. The lowest BCUT2D eigenvalue weighted by atomic mass is 10.0. The van der Waals surface area contributed by atoms with Crippen LogP contribution in [0, 0.1) is 0 Å². The quantitative estimate of drug-likeness (QED) is 0.777. The number of hydrogen-bond donors (Lipinski definition) is 1. The number of carbonyl (C=O) groups excluding carboxylic acids is 1. The summed E-state index contributed by atoms with van der Waals surface area (Å²) in [6, 6.07) is 12.9. The second-order valence-corrected chi connectivity index (χ2v) is 7.50. The Kier molecular flexibility index (Phi) is 6.47. The molecular formula is C22H26F3N3O. The molecule has 0 spiro atoms. The standard InChI is InChI=1S/C22H26F3N3O/c1-27(2)17-11-9-16(10-12-17)20(28-13-5-6-14-28)15-26-21(29)18-7-3-4-8-19(18)22(23,24)25/h3-4,7-12,20H,5-6,13-15H2,1-2H3,(H,26,29)/t20-/m1/s1. The van der Waals surface area contributed by atoms with Gasteiger partial charge in [0.25, 0.3) is 5.91 Å². The zero-order valence-electron chi connectivity index (χ0n) is 16.7. The molecule has 29 heavy (non-hydrogen) atoms. The van der Waals surface area contributed by atoms with Crippen molar-refractivity contribution in [3.05, 3.63) is 65.2 Å². The molecule has 1 fully saturated rings. The summed E-state index contributed by atoms with van der Waals surface area (Å²) in [6.07, 6.45) is -2.40. The SMILES string of the molecule is CN(C)c1ccc([C@@H](CNC(=O)c2ccccc2C(F)(F)F)N2CCCC2)cc1. The lowest BCUT2D eigenvalue weighted by Crippen LogP contribution is -2.37. The van der Waals surface area contributed by atoms with Crippen LogP contribution in [0.5, 0.6) is 0 Å². The fourth-order valence-corrected chi connectivity index (χ4v) is 3.72. The van der Waals surface area contributed by atoms with Gasteiger partial charge in [-0.05, 0) is 55.8 Å². The highest BCUT2D eigenvalue weighted by Gasteiger charge is 2.35. The van der Waals surface area contributed by atoms with Crippen molar-refractivity contribution in [2.45, 2.75) is 25.1 Å². The van der Waals surface area contributed by atoms with Gasteiger partial charge in [-0.15, -0.1) is 0 Å². The summed E-state index contributed by atoms with van der Waals surface area (Å²) in [5, 5.41) is 2.73. The normalized spacial score (nSPS) is 15.9. The summed E-state index contributed by atoms with van der Waals surface area (Å²) in [4.78, 5) is 16.9. The van der Waals surface area contributed by atoms with Gasteiger partial charge in [-0.2, -0.15) is 13.2 Å². The molecule has 0 saturated carbocycles. The van der Waals surface area contributed by atoms with E-state index in [1.54, 1.807) is 0 Å². The number of halogens is 3. The molecule has 1 heterocycles. The minimum atomic E-state index is -4.57. The van der Waals surface area contributed by atoms with Gasteiger partial charge in [0.15, 0.2) is 0 Å². The highest BCUT2D eigenvalue weighted by Crippen LogP contribution is 2.32. The van der Waals surface area contributed by atoms with Gasteiger partial charge in [0.05, 0.1) is 17.2 Å². The lowest BCUT2D eigenvalue weighted by molar-refractivity contribution is -0.137. The maximum atomic E-state index is 13.2. The van der Waals surface area contributed by atoms with E-state index in [0.29, 0.717) is 0 Å². The van der Waals surface area contributed by atoms with Crippen LogP contribution in [0.2, 0.25) is 0 Å². The molecule has 1 N–H and O–H groups in total. The third kappa shape index (κ3) is 5.09. The van der Waals surface area contributed by atoms with Crippen molar-refractivity contribution in [3.8, 4) is 0 Å². The van der Waals surface area contributed by atoms with Gasteiger partial charge >= 0.3 is 6.18 Å². The average molecular weight is 405 g/mol. The van der Waals surface area contributed by atoms with Gasteiger partial charge in [-0.3, -0.25) is 9.69 Å². The Balaban J connectivity index is 1.78. The van der Waals surface area contributed by atoms with E-state index in [9.17, 15) is 18.0 Å². The summed E-state index contributed by atoms with van der Waals surface area (Å²) < 4.78 is 39.7. The molecule has 3 rings (SSSR count). The maximum absolute atomic E-state index is 13.2. The molecule has 1 aliphatic rings. The number of benzene rings is 2. The summed E-state index contributed by atoms with van der Waals surface area (Å²) in [6.45, 7) is 2.08. The zero-order chi connectivity index (χ0) is 21.0. The summed E-state index contributed by atoms with van der Waals surface area (Å²) in [5.41, 5.74) is 0.854. The molecular weight excluding hydrogens is 379 g/mol. The van der Waals surface area contributed by atoms with Crippen LogP contribution in [0.1, 0.15) is 40.4 Å². The van der Waals surface area contributed by atoms with Crippen molar-refractivity contribution in [2.75, 3.05) is 38.6 Å². The number of amides is 1. The van der Waals surface area contributed by atoms with E-state index in [1.165, 1.54) is 18.2 Å². The minimum absolute atomic E-state index is 0.0734. The monoisotopic (exact) mass is 405 g/mol. The van der Waals surface area contributed by atoms with E-state index >= 15 is 0 Å². The molecule has 0 aromatic heterocycles. The molecule has 0 aliphatic carbocycles. The van der Waals surface area contributed by atoms with Gasteiger partial charge in [0.1, 0.15) is 0 Å². The Morgan fingerprint density at radius 2 is 1.69 bits per heavy atom. The first-order valence-electron chi connectivity index (χ1n) is 9.73. The number of likely N-dealkylation sites (tertiary alicyclic amines) is 1. The highest BCUT2D eigenvalue weighted by molar-refractivity contribution is 5.95. The summed E-state index contributed by atoms with van der Waals surface area (Å²) >= 11 is 0. The molecule has 1 amide bonds. The van der Waals surface area contributed by atoms with Crippen LogP contribution in [-0.2, 0) is 6.18 Å². The van der Waals surface area contributed by atoms with Gasteiger partial charge in [-0.25, -0.2) is 0 Å². The van der Waals surface area contributed by atoms with Crippen molar-refractivity contribution in [3.63, 3.8) is 0 Å². The first-order chi connectivity index (χ1) is 13.8. The highest BCUT2D eigenvalue weighted by atomic mass is 19.4. The van der Waals surface area contributed by atoms with Crippen LogP contribution < -0.4 is 10.2 Å². The molecule has 1 atom stereocenters. The largest absolute Gasteiger partial charge is 0.417 e. The predicted octanol–water partition coefficient (Wildman–Crippen LogP) is 4.34. The fourth-order valence-electron chi connectivity index (χ4n) is 3.72. The van der Waals surface area contributed by atoms with E-state index in [1.807, 2.05) is 43.3 Å². The van der Waals surface area contributed by atoms with Crippen molar-refractivity contribution in [1.29, 1.82) is 0 Å². The molecule has 0 radical (unpaired) electrons. The second kappa shape index (κ2) is 8.86. The minimum Gasteiger partial charge on any atom is -0.378 e. The first-order valence-corrected chi connectivity index (χ1v) is 9.73. The van der Waals surface area contributed by atoms with Gasteiger partial charge in [0.2, 0.25) is 0 Å². The van der Waals surface area contributed by atoms with Crippen molar-refractivity contribution in [1.82, 2.24) is 10.2 Å². The van der Waals surface area contributed by atoms with Crippen molar-refractivity contribution in [2.24, 2.45) is 0 Å². The Labute approximate surface area is 169 Å². The Hall–Kier alpha value is -2.54. The van der Waals surface area contributed by atoms with E-state index in [-0.39, 0.29) is 18.2 Å². The number of nitrogens with one attached hydrogen (secondary N) is 1. The average Bonchev–Trinajstić information content (AvgIpc) is 3.22. The van der Waals surface area contributed by atoms with Crippen LogP contribution in [0.25, 0.3) is 0 Å². The Bertz CT molecular complexity index is 828. The molecule has 2 aromatic rings. The first kappa shape index (κ1) is 21.2. The summed E-state index contributed by atoms with van der Waals surface area (Å²) in [7, 11) is 3.93. The topological polar surface area (TPSA) is 35.6 Å². The number of hydrogen-bond acceptors (Lipinski definition) is 3. The van der Waals surface area contributed by atoms with E-state index in [4.69, 9.17) is 0 Å². The third-order valence-corrected chi connectivity index (χ3v) is 5.31. The molecule has 0 bridgehead atoms. The van der Waals surface area contributed by atoms with Gasteiger partial charge in [-0.1, -0.05) is 24.3 Å². The third-order valence-electron chi connectivity index (χ3n) is 5.31. The number of alkyl halides is 3. The molecule has 2 aromatic carbocycles. The number of carbonyl (C=O) groups is 1. The van der Waals surface area contributed by atoms with E-state index in [2.05, 4.69) is 10.2 Å². The Morgan fingerprint density at radius 3 is 2.28 bits per heavy atom. The second-order valence-electron chi connectivity index (χ2n) is 7.50. The van der Waals surface area contributed by atoms with Crippen molar-refractivity contribution < 1.29 is 18.0 Å². The van der Waals surface area contributed by atoms with Crippen LogP contribution >= 0.6 is 0 Å². The number of anilines is 1. The Morgan fingerprint density at radius 1 is 1.07 bits per heavy atom. The van der Waals surface area contributed by atoms with Crippen LogP contribution in [0.3, 0.4) is 0 Å². The molecule has 7 heteroatoms. The van der Waals surface area contributed by atoms with Crippen LogP contribution in [0.4, 0.5) is 18.9 Å². The smallest absolute Gasteiger partial charge is 0.378 e. The molecule has 1 saturated heterocycles. The fraction of sp³-hybridized carbons (Fsp3) is 0.409. The van der Waals surface area contributed by atoms with E-state index < -0.39 is 17.6 Å². The van der Waals surface area contributed by atoms with Gasteiger partial charge < -0.3 is 10.2 Å². The number of rotatable bonds is 6. The van der Waals surface area contributed by atoms with Crippen LogP contribution in [-0.4, -0.2) is 44.5 Å². The zero-order valence-corrected chi connectivity index (χ0v) is 16.7. The molecule has 1 aliphatic heterocycles. The number of nitrogens with zero attached hydrogens (tertiary/aromatic N) is 2. The molecule has 4 nitrogen and oxygen atoms in total. The maximum Gasteiger partial charge on any atom is 0.417 e. The van der Waals surface area contributed by atoms with Gasteiger partial charge in [0, 0.05) is 26.3 Å². The molecule has 156 valence electrons. The van der Waals surface area contributed by atoms with Crippen LogP contribution in [0.15, 0.2) is 48.5 Å². The van der Waals surface area contributed by atoms with E-state index in [0.717, 1.165) is 43.2 Å². The summed E-state index contributed by atoms with van der Waals surface area (Å²) in [5.74, 6) is -0.702.